The summed E-state index contributed by atoms with van der Waals surface area (Å²) in [5, 5.41) is 3.26. The number of nitrogens with one attached hydrogen (secondary N) is 1. The fourth-order valence-corrected chi connectivity index (χ4v) is 2.75. The van der Waals surface area contributed by atoms with Crippen LogP contribution in [0.1, 0.15) is 12.5 Å². The second-order valence-electron chi connectivity index (χ2n) is 5.85. The lowest BCUT2D eigenvalue weighted by Gasteiger charge is -2.34. The molecule has 0 radical (unpaired) electrons. The average molecular weight is 341 g/mol. The summed E-state index contributed by atoms with van der Waals surface area (Å²) < 4.78 is 5.05. The monoisotopic (exact) mass is 341 g/mol. The van der Waals surface area contributed by atoms with Gasteiger partial charge in [-0.3, -0.25) is 0 Å². The van der Waals surface area contributed by atoms with Gasteiger partial charge in [-0.1, -0.05) is 18.2 Å². The van der Waals surface area contributed by atoms with Crippen molar-refractivity contribution in [2.45, 2.75) is 13.8 Å². The molecule has 0 unspecified atom stereocenters. The van der Waals surface area contributed by atoms with Crippen LogP contribution >= 0.6 is 0 Å². The second kappa shape index (κ2) is 7.83. The third kappa shape index (κ3) is 4.17. The number of hydrogen-bond acceptors (Lipinski definition) is 6. The van der Waals surface area contributed by atoms with Gasteiger partial charge in [-0.25, -0.2) is 9.78 Å². The van der Waals surface area contributed by atoms with Crippen LogP contribution in [0.25, 0.3) is 0 Å². The molecule has 1 aromatic heterocycles. The molecule has 1 aliphatic rings. The maximum atomic E-state index is 11.8. The van der Waals surface area contributed by atoms with Gasteiger partial charge in [0.1, 0.15) is 5.82 Å². The summed E-state index contributed by atoms with van der Waals surface area (Å²) in [5.41, 5.74) is 2.13. The SMILES string of the molecule is CCOC(=O)N1CCN(c2ccnc(Nc3ccccc3C)n2)CC1. The first kappa shape index (κ1) is 17.0. The van der Waals surface area contributed by atoms with Crippen LogP contribution in [0.3, 0.4) is 0 Å². The van der Waals surface area contributed by atoms with E-state index in [1.807, 2.05) is 44.2 Å². The molecular formula is C18H23N5O2. The summed E-state index contributed by atoms with van der Waals surface area (Å²) in [5.74, 6) is 1.43. The summed E-state index contributed by atoms with van der Waals surface area (Å²) in [4.78, 5) is 24.6. The third-order valence-corrected chi connectivity index (χ3v) is 4.16. The second-order valence-corrected chi connectivity index (χ2v) is 5.85. The van der Waals surface area contributed by atoms with E-state index < -0.39 is 0 Å². The van der Waals surface area contributed by atoms with E-state index in [9.17, 15) is 4.79 Å². The Bertz CT molecular complexity index is 729. The van der Waals surface area contributed by atoms with Crippen molar-refractivity contribution in [1.82, 2.24) is 14.9 Å². The highest BCUT2D eigenvalue weighted by Crippen LogP contribution is 2.20. The molecule has 1 fully saturated rings. The first-order valence-corrected chi connectivity index (χ1v) is 8.49. The number of piperazine rings is 1. The molecule has 1 aromatic carbocycles. The number of hydrogen-bond donors (Lipinski definition) is 1. The Labute approximate surface area is 147 Å². The average Bonchev–Trinajstić information content (AvgIpc) is 2.64. The number of aromatic nitrogens is 2. The molecular weight excluding hydrogens is 318 g/mol. The van der Waals surface area contributed by atoms with E-state index >= 15 is 0 Å². The molecule has 2 heterocycles. The number of nitrogens with zero attached hydrogens (tertiary/aromatic N) is 4. The van der Waals surface area contributed by atoms with Crippen LogP contribution in [-0.4, -0.2) is 53.7 Å². The number of rotatable bonds is 4. The van der Waals surface area contributed by atoms with Crippen LogP contribution in [-0.2, 0) is 4.74 Å². The van der Waals surface area contributed by atoms with Crippen LogP contribution in [0.2, 0.25) is 0 Å². The number of carbonyl (C=O) groups is 1. The molecule has 3 rings (SSSR count). The molecule has 1 saturated heterocycles. The minimum absolute atomic E-state index is 0.244. The van der Waals surface area contributed by atoms with Gasteiger partial charge in [-0.05, 0) is 31.5 Å². The summed E-state index contributed by atoms with van der Waals surface area (Å²) in [7, 11) is 0. The normalized spacial score (nSPS) is 14.3. The lowest BCUT2D eigenvalue weighted by Crippen LogP contribution is -2.49. The van der Waals surface area contributed by atoms with E-state index in [0.29, 0.717) is 25.6 Å². The number of ether oxygens (including phenoxy) is 1. The number of benzene rings is 1. The lowest BCUT2D eigenvalue weighted by molar-refractivity contribution is 0.105. The molecule has 132 valence electrons. The Balaban J connectivity index is 1.64. The smallest absolute Gasteiger partial charge is 0.409 e. The Morgan fingerprint density at radius 1 is 1.20 bits per heavy atom. The quantitative estimate of drug-likeness (QED) is 0.922. The Morgan fingerprint density at radius 3 is 2.68 bits per heavy atom. The molecule has 0 aliphatic carbocycles. The third-order valence-electron chi connectivity index (χ3n) is 4.16. The van der Waals surface area contributed by atoms with Gasteiger partial charge in [0.15, 0.2) is 0 Å². The molecule has 0 bridgehead atoms. The maximum Gasteiger partial charge on any atom is 0.409 e. The van der Waals surface area contributed by atoms with Crippen molar-refractivity contribution in [2.75, 3.05) is 43.0 Å². The first-order chi connectivity index (χ1) is 12.2. The summed E-state index contributed by atoms with van der Waals surface area (Å²) >= 11 is 0. The van der Waals surface area contributed by atoms with E-state index in [1.165, 1.54) is 0 Å². The molecule has 1 N–H and O–H groups in total. The van der Waals surface area contributed by atoms with E-state index in [-0.39, 0.29) is 6.09 Å². The molecule has 0 spiro atoms. The van der Waals surface area contributed by atoms with Gasteiger partial charge in [0, 0.05) is 38.1 Å². The highest BCUT2D eigenvalue weighted by atomic mass is 16.6. The van der Waals surface area contributed by atoms with Crippen molar-refractivity contribution >= 4 is 23.5 Å². The molecule has 7 heteroatoms. The predicted molar refractivity (Wildman–Crippen MR) is 97.3 cm³/mol. The molecule has 0 saturated carbocycles. The molecule has 25 heavy (non-hydrogen) atoms. The number of carbonyl (C=O) groups excluding carboxylic acids is 1. The van der Waals surface area contributed by atoms with Crippen molar-refractivity contribution in [3.8, 4) is 0 Å². The van der Waals surface area contributed by atoms with Gasteiger partial charge in [-0.2, -0.15) is 4.98 Å². The zero-order valence-corrected chi connectivity index (χ0v) is 14.6. The van der Waals surface area contributed by atoms with Gasteiger partial charge in [0.05, 0.1) is 6.61 Å². The van der Waals surface area contributed by atoms with Crippen molar-refractivity contribution in [2.24, 2.45) is 0 Å². The van der Waals surface area contributed by atoms with E-state index in [4.69, 9.17) is 4.74 Å². The predicted octanol–water partition coefficient (Wildman–Crippen LogP) is 2.81. The van der Waals surface area contributed by atoms with Gasteiger partial charge in [0.25, 0.3) is 0 Å². The molecule has 1 amide bonds. The fourth-order valence-electron chi connectivity index (χ4n) is 2.75. The topological polar surface area (TPSA) is 70.6 Å². The van der Waals surface area contributed by atoms with Crippen molar-refractivity contribution < 1.29 is 9.53 Å². The summed E-state index contributed by atoms with van der Waals surface area (Å²) in [6, 6.07) is 9.92. The standard InChI is InChI=1S/C18H23N5O2/c1-3-25-18(24)23-12-10-22(11-13-23)16-8-9-19-17(21-16)20-15-7-5-4-6-14(15)2/h4-9H,3,10-13H2,1-2H3,(H,19,20,21). The van der Waals surface area contributed by atoms with Gasteiger partial charge >= 0.3 is 6.09 Å². The molecule has 2 aromatic rings. The highest BCUT2D eigenvalue weighted by molar-refractivity contribution is 5.68. The lowest BCUT2D eigenvalue weighted by atomic mass is 10.2. The van der Waals surface area contributed by atoms with Crippen molar-refractivity contribution in [1.29, 1.82) is 0 Å². The highest BCUT2D eigenvalue weighted by Gasteiger charge is 2.22. The number of aryl methyl sites for hydroxylation is 1. The Kier molecular flexibility index (Phi) is 5.33. The molecule has 0 atom stereocenters. The number of para-hydroxylation sites is 1. The zero-order valence-electron chi connectivity index (χ0n) is 14.6. The maximum absolute atomic E-state index is 11.8. The Morgan fingerprint density at radius 2 is 1.96 bits per heavy atom. The first-order valence-electron chi connectivity index (χ1n) is 8.49. The van der Waals surface area contributed by atoms with Crippen LogP contribution in [0.5, 0.6) is 0 Å². The van der Waals surface area contributed by atoms with Gasteiger partial charge in [-0.15, -0.1) is 0 Å². The van der Waals surface area contributed by atoms with Crippen LogP contribution in [0.4, 0.5) is 22.2 Å². The van der Waals surface area contributed by atoms with Gasteiger partial charge < -0.3 is 19.9 Å². The zero-order chi connectivity index (χ0) is 17.6. The van der Waals surface area contributed by atoms with Crippen LogP contribution in [0, 0.1) is 6.92 Å². The van der Waals surface area contributed by atoms with Gasteiger partial charge in [0.2, 0.25) is 5.95 Å². The summed E-state index contributed by atoms with van der Waals surface area (Å²) in [6.07, 6.45) is 1.51. The molecule has 1 aliphatic heterocycles. The fraction of sp³-hybridized carbons (Fsp3) is 0.389. The van der Waals surface area contributed by atoms with E-state index in [0.717, 1.165) is 30.2 Å². The van der Waals surface area contributed by atoms with Crippen molar-refractivity contribution in [3.63, 3.8) is 0 Å². The minimum atomic E-state index is -0.244. The van der Waals surface area contributed by atoms with Crippen molar-refractivity contribution in [3.05, 3.63) is 42.1 Å². The van der Waals surface area contributed by atoms with Crippen LogP contribution < -0.4 is 10.2 Å². The van der Waals surface area contributed by atoms with E-state index in [2.05, 4.69) is 20.2 Å². The van der Waals surface area contributed by atoms with Crippen LogP contribution in [0.15, 0.2) is 36.5 Å². The number of anilines is 3. The minimum Gasteiger partial charge on any atom is -0.450 e. The number of amides is 1. The molecule has 7 nitrogen and oxygen atoms in total. The van der Waals surface area contributed by atoms with E-state index in [1.54, 1.807) is 11.1 Å². The Hall–Kier alpha value is -2.83. The summed E-state index contributed by atoms with van der Waals surface area (Å²) in [6.45, 7) is 6.96. The largest absolute Gasteiger partial charge is 0.450 e.